The number of para-hydroxylation sites is 2. The molecule has 1 heterocycles. The molecule has 1 aromatic rings. The molecule has 1 aliphatic heterocycles. The fourth-order valence-corrected chi connectivity index (χ4v) is 2.30. The molecule has 18 heavy (non-hydrogen) atoms. The van der Waals surface area contributed by atoms with E-state index in [1.807, 2.05) is 13.0 Å². The van der Waals surface area contributed by atoms with Crippen molar-refractivity contribution in [2.24, 2.45) is 0 Å². The maximum Gasteiger partial charge on any atom is 0.0649 e. The molecule has 2 nitrogen and oxygen atoms in total. The van der Waals surface area contributed by atoms with Gasteiger partial charge >= 0.3 is 0 Å². The van der Waals surface area contributed by atoms with E-state index in [0.717, 1.165) is 13.1 Å². The summed E-state index contributed by atoms with van der Waals surface area (Å²) in [6.07, 6.45) is 8.10. The Morgan fingerprint density at radius 1 is 1.22 bits per heavy atom. The summed E-state index contributed by atoms with van der Waals surface area (Å²) in [5.41, 5.74) is 3.73. The van der Waals surface area contributed by atoms with E-state index in [9.17, 15) is 0 Å². The van der Waals surface area contributed by atoms with Crippen molar-refractivity contribution in [3.8, 4) is 0 Å². The van der Waals surface area contributed by atoms with Gasteiger partial charge in [-0.1, -0.05) is 30.9 Å². The quantitative estimate of drug-likeness (QED) is 0.745. The largest absolute Gasteiger partial charge is 0.371 e. The van der Waals surface area contributed by atoms with E-state index in [1.54, 1.807) is 0 Å². The summed E-state index contributed by atoms with van der Waals surface area (Å²) < 4.78 is 0. The number of likely N-dealkylation sites (N-methyl/N-ethyl adjacent to an activating group) is 1. The van der Waals surface area contributed by atoms with Crippen LogP contribution in [0.5, 0.6) is 0 Å². The molecule has 0 saturated carbocycles. The Kier molecular flexibility index (Phi) is 3.88. The number of rotatable bonds is 3. The molecule has 0 N–H and O–H groups in total. The normalized spacial score (nSPS) is 16.0. The first-order chi connectivity index (χ1) is 8.77. The fraction of sp³-hybridized carbons (Fsp3) is 0.250. The molecule has 0 fully saturated rings. The molecular formula is C16H20N2. The van der Waals surface area contributed by atoms with Crippen molar-refractivity contribution in [1.29, 1.82) is 0 Å². The van der Waals surface area contributed by atoms with Gasteiger partial charge in [0.2, 0.25) is 0 Å². The lowest BCUT2D eigenvalue weighted by Crippen LogP contribution is -2.38. The van der Waals surface area contributed by atoms with Crippen molar-refractivity contribution in [3.05, 3.63) is 60.8 Å². The van der Waals surface area contributed by atoms with E-state index >= 15 is 0 Å². The Morgan fingerprint density at radius 2 is 1.94 bits per heavy atom. The standard InChI is InChI=1S/C16H20N2/c1-4-8-14(9-5-2)18-13-12-17(3)15-10-6-7-11-16(15)18/h4-11H,1,12-13H2,2-3H3/b9-5-,14-8+. The van der Waals surface area contributed by atoms with E-state index in [-0.39, 0.29) is 0 Å². The van der Waals surface area contributed by atoms with Crippen LogP contribution in [0.3, 0.4) is 0 Å². The van der Waals surface area contributed by atoms with Crippen LogP contribution in [0.25, 0.3) is 0 Å². The van der Waals surface area contributed by atoms with Crippen LogP contribution in [0.4, 0.5) is 11.4 Å². The Morgan fingerprint density at radius 3 is 2.61 bits per heavy atom. The summed E-state index contributed by atoms with van der Waals surface area (Å²) in [6.45, 7) is 7.87. The van der Waals surface area contributed by atoms with E-state index in [2.05, 4.69) is 65.9 Å². The van der Waals surface area contributed by atoms with Gasteiger partial charge in [0.15, 0.2) is 0 Å². The van der Waals surface area contributed by atoms with Gasteiger partial charge in [0, 0.05) is 25.8 Å². The number of hydrogen-bond acceptors (Lipinski definition) is 2. The van der Waals surface area contributed by atoms with Crippen molar-refractivity contribution < 1.29 is 0 Å². The molecule has 1 aromatic carbocycles. The van der Waals surface area contributed by atoms with Crippen LogP contribution in [0.1, 0.15) is 6.92 Å². The van der Waals surface area contributed by atoms with E-state index in [0.29, 0.717) is 0 Å². The molecule has 0 saturated heterocycles. The molecule has 0 amide bonds. The lowest BCUT2D eigenvalue weighted by Gasteiger charge is -2.37. The highest BCUT2D eigenvalue weighted by Crippen LogP contribution is 2.34. The monoisotopic (exact) mass is 240 g/mol. The predicted octanol–water partition coefficient (Wildman–Crippen LogP) is 3.59. The highest BCUT2D eigenvalue weighted by atomic mass is 15.3. The van der Waals surface area contributed by atoms with Gasteiger partial charge in [-0.25, -0.2) is 0 Å². The second-order valence-corrected chi connectivity index (χ2v) is 4.39. The Labute approximate surface area is 110 Å². The second kappa shape index (κ2) is 5.58. The van der Waals surface area contributed by atoms with Crippen molar-refractivity contribution in [1.82, 2.24) is 0 Å². The molecule has 1 aliphatic rings. The van der Waals surface area contributed by atoms with Gasteiger partial charge in [0.25, 0.3) is 0 Å². The number of fused-ring (bicyclic) bond motifs is 1. The Balaban J connectivity index is 2.44. The fourth-order valence-electron chi connectivity index (χ4n) is 2.30. The van der Waals surface area contributed by atoms with Crippen LogP contribution in [0, 0.1) is 0 Å². The number of anilines is 2. The lowest BCUT2D eigenvalue weighted by atomic mass is 10.1. The summed E-state index contributed by atoms with van der Waals surface area (Å²) >= 11 is 0. The van der Waals surface area contributed by atoms with E-state index < -0.39 is 0 Å². The minimum Gasteiger partial charge on any atom is -0.371 e. The first-order valence-corrected chi connectivity index (χ1v) is 6.31. The molecule has 2 rings (SSSR count). The maximum absolute atomic E-state index is 3.80. The van der Waals surface area contributed by atoms with Crippen LogP contribution in [-0.2, 0) is 0 Å². The van der Waals surface area contributed by atoms with Gasteiger partial charge in [-0.15, -0.1) is 0 Å². The topological polar surface area (TPSA) is 6.48 Å². The second-order valence-electron chi connectivity index (χ2n) is 4.39. The number of nitrogens with zero attached hydrogens (tertiary/aromatic N) is 2. The average molecular weight is 240 g/mol. The molecule has 0 bridgehead atoms. The minimum atomic E-state index is 0.998. The zero-order valence-electron chi connectivity index (χ0n) is 11.1. The highest BCUT2D eigenvalue weighted by molar-refractivity contribution is 5.76. The Hall–Kier alpha value is -1.96. The van der Waals surface area contributed by atoms with Crippen molar-refractivity contribution in [3.63, 3.8) is 0 Å². The first kappa shape index (κ1) is 12.5. The summed E-state index contributed by atoms with van der Waals surface area (Å²) in [6, 6.07) is 8.52. The lowest BCUT2D eigenvalue weighted by molar-refractivity contribution is 0.804. The van der Waals surface area contributed by atoms with Gasteiger partial charge < -0.3 is 9.80 Å². The molecule has 0 aliphatic carbocycles. The number of allylic oxidation sites excluding steroid dienone is 4. The number of hydrogen-bond donors (Lipinski definition) is 0. The van der Waals surface area contributed by atoms with Crippen LogP contribution < -0.4 is 9.80 Å². The number of benzene rings is 1. The predicted molar refractivity (Wildman–Crippen MR) is 80.2 cm³/mol. The summed E-state index contributed by atoms with van der Waals surface area (Å²) in [7, 11) is 2.14. The summed E-state index contributed by atoms with van der Waals surface area (Å²) in [5.74, 6) is 0. The molecule has 0 unspecified atom stereocenters. The molecule has 0 spiro atoms. The average Bonchev–Trinajstić information content (AvgIpc) is 2.39. The SMILES string of the molecule is C=C/C=C(\C=C/C)N1CCN(C)c2ccccc21. The van der Waals surface area contributed by atoms with Gasteiger partial charge in [0.1, 0.15) is 0 Å². The molecule has 0 aromatic heterocycles. The van der Waals surface area contributed by atoms with Crippen LogP contribution >= 0.6 is 0 Å². The molecule has 0 radical (unpaired) electrons. The molecular weight excluding hydrogens is 220 g/mol. The molecule has 0 atom stereocenters. The zero-order chi connectivity index (χ0) is 13.0. The third kappa shape index (κ3) is 2.33. The van der Waals surface area contributed by atoms with Crippen LogP contribution in [0.15, 0.2) is 60.8 Å². The molecule has 94 valence electrons. The van der Waals surface area contributed by atoms with Crippen molar-refractivity contribution >= 4 is 11.4 Å². The highest BCUT2D eigenvalue weighted by Gasteiger charge is 2.20. The minimum absolute atomic E-state index is 0.998. The van der Waals surface area contributed by atoms with Gasteiger partial charge in [-0.05, 0) is 31.2 Å². The van der Waals surface area contributed by atoms with Gasteiger partial charge in [-0.3, -0.25) is 0 Å². The first-order valence-electron chi connectivity index (χ1n) is 6.31. The third-order valence-electron chi connectivity index (χ3n) is 3.18. The summed E-state index contributed by atoms with van der Waals surface area (Å²) in [4.78, 5) is 4.64. The van der Waals surface area contributed by atoms with Gasteiger partial charge in [0.05, 0.1) is 11.4 Å². The third-order valence-corrected chi connectivity index (χ3v) is 3.18. The smallest absolute Gasteiger partial charge is 0.0649 e. The van der Waals surface area contributed by atoms with E-state index in [1.165, 1.54) is 17.1 Å². The van der Waals surface area contributed by atoms with E-state index in [4.69, 9.17) is 0 Å². The van der Waals surface area contributed by atoms with Crippen molar-refractivity contribution in [2.75, 3.05) is 29.9 Å². The zero-order valence-corrected chi connectivity index (χ0v) is 11.1. The van der Waals surface area contributed by atoms with Crippen LogP contribution in [-0.4, -0.2) is 20.1 Å². The van der Waals surface area contributed by atoms with Gasteiger partial charge in [-0.2, -0.15) is 0 Å². The maximum atomic E-state index is 3.80. The van der Waals surface area contributed by atoms with Crippen molar-refractivity contribution in [2.45, 2.75) is 6.92 Å². The van der Waals surface area contributed by atoms with Crippen LogP contribution in [0.2, 0.25) is 0 Å². The summed E-state index contributed by atoms with van der Waals surface area (Å²) in [5, 5.41) is 0. The molecule has 2 heteroatoms. The Bertz CT molecular complexity index is 486.